The van der Waals surface area contributed by atoms with Crippen molar-refractivity contribution in [3.63, 3.8) is 0 Å². The van der Waals surface area contributed by atoms with Crippen LogP contribution in [0.5, 0.6) is 0 Å². The summed E-state index contributed by atoms with van der Waals surface area (Å²) in [7, 11) is 0. The summed E-state index contributed by atoms with van der Waals surface area (Å²) >= 11 is 29.9. The molecule has 95 heavy (non-hydrogen) atoms. The number of unbranched alkanes of at least 4 members (excludes halogenated alkanes) is 14. The average Bonchev–Trinajstić information content (AvgIpc) is 1.01. The summed E-state index contributed by atoms with van der Waals surface area (Å²) in [5.74, 6) is 0. The molecular formula is C78H103Cl5N12. The molecule has 0 atom stereocenters. The van der Waals surface area contributed by atoms with Gasteiger partial charge in [0.2, 0.25) is 0 Å². The molecule has 0 bridgehead atoms. The van der Waals surface area contributed by atoms with E-state index in [1.165, 1.54) is 116 Å². The van der Waals surface area contributed by atoms with E-state index in [0.717, 1.165) is 173 Å². The van der Waals surface area contributed by atoms with Crippen molar-refractivity contribution in [2.75, 3.05) is 85.5 Å². The largest absolute Gasteiger partial charge is 0.384 e. The summed E-state index contributed by atoms with van der Waals surface area (Å²) in [4.78, 5) is 21.7. The van der Waals surface area contributed by atoms with E-state index >= 15 is 0 Å². The van der Waals surface area contributed by atoms with Gasteiger partial charge in [-0.05, 0) is 186 Å². The van der Waals surface area contributed by atoms with E-state index in [-0.39, 0.29) is 0 Å². The average molecular weight is 1390 g/mol. The molecule has 0 aliphatic rings. The highest BCUT2D eigenvalue weighted by Gasteiger charge is 2.08. The summed E-state index contributed by atoms with van der Waals surface area (Å²) in [6, 6.07) is 39.3. The fourth-order valence-electron chi connectivity index (χ4n) is 10.8. The van der Waals surface area contributed by atoms with E-state index in [2.05, 4.69) is 96.8 Å². The summed E-state index contributed by atoms with van der Waals surface area (Å²) in [6.07, 6.45) is 33.5. The second-order valence-corrected chi connectivity index (χ2v) is 25.8. The Balaban J connectivity index is 0.000000188. The van der Waals surface area contributed by atoms with Gasteiger partial charge >= 0.3 is 0 Å². The Bertz CT molecular complexity index is 3760. The molecule has 0 radical (unpaired) electrons. The summed E-state index contributed by atoms with van der Waals surface area (Å²) in [6.45, 7) is 20.2. The number of pyridine rings is 5. The van der Waals surface area contributed by atoms with Gasteiger partial charge in [0.05, 0.1) is 27.6 Å². The number of nitrogens with one attached hydrogen (secondary N) is 7. The number of fused-ring (bicyclic) bond motifs is 5. The number of hydrogen-bond donors (Lipinski definition) is 7. The van der Waals surface area contributed by atoms with Crippen LogP contribution >= 0.6 is 58.0 Å². The van der Waals surface area contributed by atoms with Gasteiger partial charge in [0.15, 0.2) is 0 Å². The minimum Gasteiger partial charge on any atom is -0.384 e. The summed E-state index contributed by atoms with van der Waals surface area (Å²) in [5, 5.41) is 33.4. The number of aromatic nitrogens is 5. The highest BCUT2D eigenvalue weighted by molar-refractivity contribution is 6.33. The van der Waals surface area contributed by atoms with Crippen molar-refractivity contribution < 1.29 is 0 Å². The van der Waals surface area contributed by atoms with Crippen LogP contribution in [-0.4, -0.2) is 83.8 Å². The van der Waals surface area contributed by atoms with Crippen molar-refractivity contribution in [3.05, 3.63) is 177 Å². The Morgan fingerprint density at radius 1 is 0.242 bits per heavy atom. The topological polar surface area (TPSA) is 149 Å². The first kappa shape index (κ1) is 77.5. The van der Waals surface area contributed by atoms with Crippen LogP contribution in [0.15, 0.2) is 152 Å². The van der Waals surface area contributed by atoms with Crippen LogP contribution in [0.4, 0.5) is 28.4 Å². The smallest absolute Gasteiger partial charge is 0.0737 e. The van der Waals surface area contributed by atoms with Gasteiger partial charge in [0.25, 0.3) is 0 Å². The van der Waals surface area contributed by atoms with Gasteiger partial charge in [-0.3, -0.25) is 24.9 Å². The molecule has 12 nitrogen and oxygen atoms in total. The zero-order chi connectivity index (χ0) is 67.5. The molecule has 5 aromatic heterocycles. The highest BCUT2D eigenvalue weighted by Crippen LogP contribution is 2.29. The molecule has 10 rings (SSSR count). The number of benzene rings is 5. The normalized spacial score (nSPS) is 10.8. The molecule has 10 aromatic rings. The lowest BCUT2D eigenvalue weighted by Crippen LogP contribution is -2.17. The van der Waals surface area contributed by atoms with Gasteiger partial charge in [-0.25, -0.2) is 0 Å². The van der Waals surface area contributed by atoms with Gasteiger partial charge in [-0.2, -0.15) is 0 Å². The minimum absolute atomic E-state index is 0.722. The predicted octanol–water partition coefficient (Wildman–Crippen LogP) is 23.2. The quantitative estimate of drug-likeness (QED) is 0.0190. The maximum atomic E-state index is 6.01. The zero-order valence-corrected chi connectivity index (χ0v) is 60.6. The lowest BCUT2D eigenvalue weighted by Gasteiger charge is -2.09. The van der Waals surface area contributed by atoms with Gasteiger partial charge < -0.3 is 37.2 Å². The molecule has 0 amide bonds. The Morgan fingerprint density at radius 2 is 0.453 bits per heavy atom. The number of halogens is 5. The molecular weight excluding hydrogens is 1280 g/mol. The van der Waals surface area contributed by atoms with Gasteiger partial charge in [0, 0.05) is 144 Å². The SMILES string of the molecule is CCCCCCCCCNc1ccnc2cc(Cl)ccc12.CCCCCCCNc1ccnc2cc(Cl)ccc12.CCCCCNc1ccnc2cc(Cl)ccc12.CCNCCCCCNc1ccnc2cc(Cl)ccc12.CCNCCCNc1ccnc2cc(Cl)ccc12. The Hall–Kier alpha value is -6.48. The fourth-order valence-corrected chi connectivity index (χ4v) is 11.6. The van der Waals surface area contributed by atoms with Crippen molar-refractivity contribution in [1.29, 1.82) is 0 Å². The zero-order valence-electron chi connectivity index (χ0n) is 56.9. The third-order valence-electron chi connectivity index (χ3n) is 16.0. The third-order valence-corrected chi connectivity index (χ3v) is 17.2. The molecule has 0 saturated carbocycles. The van der Waals surface area contributed by atoms with E-state index in [4.69, 9.17) is 58.0 Å². The van der Waals surface area contributed by atoms with Gasteiger partial charge in [-0.15, -0.1) is 0 Å². The Morgan fingerprint density at radius 3 is 0.726 bits per heavy atom. The molecule has 0 aliphatic heterocycles. The van der Waals surface area contributed by atoms with Crippen LogP contribution < -0.4 is 37.2 Å². The first-order chi connectivity index (χ1) is 46.5. The third kappa shape index (κ3) is 29.0. The molecule has 17 heteroatoms. The van der Waals surface area contributed by atoms with E-state index in [0.29, 0.717) is 0 Å². The van der Waals surface area contributed by atoms with Gasteiger partial charge in [0.1, 0.15) is 0 Å². The van der Waals surface area contributed by atoms with Crippen molar-refractivity contribution in [3.8, 4) is 0 Å². The van der Waals surface area contributed by atoms with Crippen LogP contribution in [0.1, 0.15) is 157 Å². The van der Waals surface area contributed by atoms with Gasteiger partial charge in [-0.1, -0.05) is 176 Å². The Kier molecular flexibility index (Phi) is 38.1. The van der Waals surface area contributed by atoms with Crippen LogP contribution in [-0.2, 0) is 0 Å². The Labute approximate surface area is 592 Å². The van der Waals surface area contributed by atoms with Crippen molar-refractivity contribution in [2.45, 2.75) is 157 Å². The molecule has 0 unspecified atom stereocenters. The van der Waals surface area contributed by atoms with Crippen molar-refractivity contribution >= 4 is 141 Å². The summed E-state index contributed by atoms with van der Waals surface area (Å²) in [5.41, 5.74) is 10.4. The van der Waals surface area contributed by atoms with Crippen molar-refractivity contribution in [1.82, 2.24) is 35.6 Å². The second-order valence-electron chi connectivity index (χ2n) is 23.6. The predicted molar refractivity (Wildman–Crippen MR) is 418 cm³/mol. The molecule has 5 heterocycles. The molecule has 5 aromatic carbocycles. The van der Waals surface area contributed by atoms with E-state index in [9.17, 15) is 0 Å². The standard InChI is InChI=1S/C18H25ClN2.C16H22ClN3.C16H21ClN2.C14H18ClN3.C14H17ClN2/c1-2-3-4-5-6-7-8-12-20-17-11-13-21-18-14-15(19)9-10-16(17)18;1-2-18-9-4-3-5-10-19-15-8-11-20-16-12-13(17)6-7-14(15)16;1-2-3-4-5-6-10-18-15-9-11-19-16-12-13(17)7-8-14(15)16;1-2-16-7-3-8-17-13-6-9-18-14-10-11(15)4-5-12(13)14;1-2-3-4-8-16-13-7-9-17-14-10-11(15)5-6-12(13)14/h9-11,13-14H,2-8,12H2,1H3,(H,20,21);6-8,11-12,18H,2-5,9-10H2,1H3,(H,19,20);7-9,11-12H,2-6,10H2,1H3,(H,18,19);4-6,9-10,16H,2-3,7-8H2,1H3,(H,17,18);5-7,9-10H,2-4,8H2,1H3,(H,16,17). The maximum absolute atomic E-state index is 6.01. The molecule has 0 aliphatic carbocycles. The van der Waals surface area contributed by atoms with Crippen LogP contribution in [0.25, 0.3) is 54.5 Å². The van der Waals surface area contributed by atoms with E-state index in [1.807, 2.05) is 152 Å². The number of anilines is 5. The minimum atomic E-state index is 0.722. The van der Waals surface area contributed by atoms with Crippen LogP contribution in [0.2, 0.25) is 25.1 Å². The first-order valence-electron chi connectivity index (χ1n) is 34.9. The fraction of sp³-hybridized carbons (Fsp3) is 0.423. The lowest BCUT2D eigenvalue weighted by molar-refractivity contribution is 0.596. The van der Waals surface area contributed by atoms with E-state index in [1.54, 1.807) is 0 Å². The molecule has 0 saturated heterocycles. The number of nitrogens with zero attached hydrogens (tertiary/aromatic N) is 5. The highest BCUT2D eigenvalue weighted by atomic mass is 35.5. The lowest BCUT2D eigenvalue weighted by atomic mass is 10.1. The van der Waals surface area contributed by atoms with E-state index < -0.39 is 0 Å². The molecule has 0 fully saturated rings. The van der Waals surface area contributed by atoms with Crippen LogP contribution in [0.3, 0.4) is 0 Å². The molecule has 510 valence electrons. The number of rotatable bonds is 35. The molecule has 7 N–H and O–H groups in total. The second kappa shape index (κ2) is 46.6. The molecule has 0 spiro atoms. The van der Waals surface area contributed by atoms with Crippen molar-refractivity contribution in [2.24, 2.45) is 0 Å². The van der Waals surface area contributed by atoms with Crippen LogP contribution in [0, 0.1) is 0 Å². The first-order valence-corrected chi connectivity index (χ1v) is 36.8. The maximum Gasteiger partial charge on any atom is 0.0737 e. The number of hydrogen-bond acceptors (Lipinski definition) is 12. The monoisotopic (exact) mass is 1380 g/mol. The summed E-state index contributed by atoms with van der Waals surface area (Å²) < 4.78 is 0.